The van der Waals surface area contributed by atoms with Crippen LogP contribution in [0.15, 0.2) is 12.1 Å². The Morgan fingerprint density at radius 1 is 1.20 bits per heavy atom. The van der Waals surface area contributed by atoms with Crippen molar-refractivity contribution in [2.24, 2.45) is 0 Å². The summed E-state index contributed by atoms with van der Waals surface area (Å²) >= 11 is 0. The van der Waals surface area contributed by atoms with Gasteiger partial charge in [0.2, 0.25) is 0 Å². The predicted molar refractivity (Wildman–Crippen MR) is 57.9 cm³/mol. The van der Waals surface area contributed by atoms with Gasteiger partial charge in [0.25, 0.3) is 0 Å². The van der Waals surface area contributed by atoms with Gasteiger partial charge in [-0.3, -0.25) is 0 Å². The van der Waals surface area contributed by atoms with Crippen molar-refractivity contribution in [2.45, 2.75) is 32.7 Å². The van der Waals surface area contributed by atoms with Crippen LogP contribution in [0.3, 0.4) is 0 Å². The monoisotopic (exact) mass is 213 g/mol. The Kier molecular flexibility index (Phi) is 3.45. The summed E-state index contributed by atoms with van der Waals surface area (Å²) in [5, 5.41) is 3.06. The molecule has 0 heterocycles. The predicted octanol–water partition coefficient (Wildman–Crippen LogP) is 2.81. The average molecular weight is 213 g/mol. The van der Waals surface area contributed by atoms with Crippen molar-refractivity contribution in [3.8, 4) is 0 Å². The van der Waals surface area contributed by atoms with Gasteiger partial charge in [0, 0.05) is 5.54 Å². The highest BCUT2D eigenvalue weighted by molar-refractivity contribution is 5.26. The zero-order valence-electron chi connectivity index (χ0n) is 9.62. The third-order valence-electron chi connectivity index (χ3n) is 2.64. The lowest BCUT2D eigenvalue weighted by Gasteiger charge is -2.24. The van der Waals surface area contributed by atoms with Crippen LogP contribution in [0.2, 0.25) is 0 Å². The molecule has 0 atom stereocenters. The average Bonchev–Trinajstić information content (AvgIpc) is 2.14. The molecule has 0 radical (unpaired) electrons. The van der Waals surface area contributed by atoms with Crippen LogP contribution < -0.4 is 5.32 Å². The van der Waals surface area contributed by atoms with E-state index < -0.39 is 0 Å². The van der Waals surface area contributed by atoms with E-state index in [1.54, 1.807) is 6.92 Å². The first-order valence-corrected chi connectivity index (χ1v) is 4.99. The fourth-order valence-corrected chi connectivity index (χ4v) is 1.39. The molecule has 0 aliphatic heterocycles. The number of hydrogen-bond acceptors (Lipinski definition) is 1. The van der Waals surface area contributed by atoms with Crippen molar-refractivity contribution in [2.75, 3.05) is 7.05 Å². The zero-order chi connectivity index (χ0) is 11.6. The number of benzene rings is 1. The molecule has 1 nitrogen and oxygen atoms in total. The van der Waals surface area contributed by atoms with Crippen LogP contribution in [0.25, 0.3) is 0 Å². The summed E-state index contributed by atoms with van der Waals surface area (Å²) in [5.41, 5.74) is 0.527. The molecule has 0 aliphatic carbocycles. The fraction of sp³-hybridized carbons (Fsp3) is 0.500. The van der Waals surface area contributed by atoms with Crippen LogP contribution in [0.4, 0.5) is 8.78 Å². The Labute approximate surface area is 89.5 Å². The summed E-state index contributed by atoms with van der Waals surface area (Å²) < 4.78 is 26.8. The SMILES string of the molecule is CNC(C)(C)Cc1cc(F)c(C)cc1F. The Bertz CT molecular complexity index is 359. The standard InChI is InChI=1S/C12H17F2N/c1-8-5-11(14)9(6-10(8)13)7-12(2,3)15-4/h5-6,15H,7H2,1-4H3. The van der Waals surface area contributed by atoms with Gasteiger partial charge in [-0.25, -0.2) is 8.78 Å². The molecule has 0 unspecified atom stereocenters. The molecule has 0 aromatic heterocycles. The molecule has 84 valence electrons. The second-order valence-electron chi connectivity index (χ2n) is 4.50. The zero-order valence-corrected chi connectivity index (χ0v) is 9.62. The molecule has 0 saturated carbocycles. The number of halogens is 2. The Morgan fingerprint density at radius 2 is 1.80 bits per heavy atom. The van der Waals surface area contributed by atoms with Crippen molar-refractivity contribution in [3.05, 3.63) is 34.9 Å². The smallest absolute Gasteiger partial charge is 0.126 e. The highest BCUT2D eigenvalue weighted by Crippen LogP contribution is 2.19. The van der Waals surface area contributed by atoms with E-state index in [2.05, 4.69) is 5.32 Å². The quantitative estimate of drug-likeness (QED) is 0.814. The maximum absolute atomic E-state index is 13.5. The van der Waals surface area contributed by atoms with Crippen LogP contribution in [0.5, 0.6) is 0 Å². The first-order valence-electron chi connectivity index (χ1n) is 4.99. The summed E-state index contributed by atoms with van der Waals surface area (Å²) in [6, 6.07) is 2.53. The normalized spacial score (nSPS) is 11.9. The summed E-state index contributed by atoms with van der Waals surface area (Å²) in [6.45, 7) is 5.46. The maximum Gasteiger partial charge on any atom is 0.126 e. The number of hydrogen-bond donors (Lipinski definition) is 1. The highest BCUT2D eigenvalue weighted by Gasteiger charge is 2.18. The van der Waals surface area contributed by atoms with Crippen molar-refractivity contribution in [3.63, 3.8) is 0 Å². The van der Waals surface area contributed by atoms with Gasteiger partial charge in [0.15, 0.2) is 0 Å². The number of nitrogens with one attached hydrogen (secondary N) is 1. The summed E-state index contributed by atoms with van der Waals surface area (Å²) in [6.07, 6.45) is 0.465. The molecule has 3 heteroatoms. The summed E-state index contributed by atoms with van der Waals surface area (Å²) in [5.74, 6) is -0.685. The molecule has 0 saturated heterocycles. The van der Waals surface area contributed by atoms with E-state index >= 15 is 0 Å². The molecular weight excluding hydrogens is 196 g/mol. The first-order chi connectivity index (χ1) is 6.85. The largest absolute Gasteiger partial charge is 0.314 e. The topological polar surface area (TPSA) is 12.0 Å². The first kappa shape index (κ1) is 12.1. The van der Waals surface area contributed by atoms with Gasteiger partial charge < -0.3 is 5.32 Å². The highest BCUT2D eigenvalue weighted by atomic mass is 19.1. The summed E-state index contributed by atoms with van der Waals surface area (Å²) in [7, 11) is 1.81. The van der Waals surface area contributed by atoms with Gasteiger partial charge in [-0.1, -0.05) is 0 Å². The molecule has 1 N–H and O–H groups in total. The van der Waals surface area contributed by atoms with E-state index in [1.807, 2.05) is 20.9 Å². The molecule has 0 bridgehead atoms. The molecule has 1 aromatic carbocycles. The van der Waals surface area contributed by atoms with Gasteiger partial charge in [-0.15, -0.1) is 0 Å². The molecular formula is C12H17F2N. The minimum Gasteiger partial charge on any atom is -0.314 e. The van der Waals surface area contributed by atoms with Crippen molar-refractivity contribution < 1.29 is 8.78 Å². The Balaban J connectivity index is 3.01. The van der Waals surface area contributed by atoms with Crippen LogP contribution in [-0.2, 0) is 6.42 Å². The van der Waals surface area contributed by atoms with Gasteiger partial charge in [0.05, 0.1) is 0 Å². The third-order valence-corrected chi connectivity index (χ3v) is 2.64. The second kappa shape index (κ2) is 4.27. The Morgan fingerprint density at radius 3 is 2.33 bits per heavy atom. The molecule has 0 spiro atoms. The van der Waals surface area contributed by atoms with E-state index in [0.717, 1.165) is 0 Å². The van der Waals surface area contributed by atoms with E-state index in [4.69, 9.17) is 0 Å². The van der Waals surface area contributed by atoms with E-state index in [-0.39, 0.29) is 17.2 Å². The van der Waals surface area contributed by atoms with Gasteiger partial charge >= 0.3 is 0 Å². The number of rotatable bonds is 3. The minimum atomic E-state index is -0.349. The fourth-order valence-electron chi connectivity index (χ4n) is 1.39. The van der Waals surface area contributed by atoms with Crippen LogP contribution in [-0.4, -0.2) is 12.6 Å². The maximum atomic E-state index is 13.5. The van der Waals surface area contributed by atoms with Gasteiger partial charge in [-0.05, 0) is 57.5 Å². The van der Waals surface area contributed by atoms with E-state index in [1.165, 1.54) is 12.1 Å². The van der Waals surface area contributed by atoms with Crippen molar-refractivity contribution in [1.29, 1.82) is 0 Å². The lowest BCUT2D eigenvalue weighted by atomic mass is 9.94. The third kappa shape index (κ3) is 2.99. The van der Waals surface area contributed by atoms with Crippen molar-refractivity contribution in [1.82, 2.24) is 5.32 Å². The van der Waals surface area contributed by atoms with E-state index in [0.29, 0.717) is 17.5 Å². The minimum absolute atomic E-state index is 0.234. The molecule has 1 rings (SSSR count). The van der Waals surface area contributed by atoms with Crippen LogP contribution >= 0.6 is 0 Å². The van der Waals surface area contributed by atoms with Crippen LogP contribution in [0, 0.1) is 18.6 Å². The number of likely N-dealkylation sites (N-methyl/N-ethyl adjacent to an activating group) is 1. The molecule has 15 heavy (non-hydrogen) atoms. The molecule has 0 amide bonds. The molecule has 1 aromatic rings. The number of aryl methyl sites for hydroxylation is 1. The van der Waals surface area contributed by atoms with Gasteiger partial charge in [0.1, 0.15) is 11.6 Å². The Hall–Kier alpha value is -0.960. The van der Waals surface area contributed by atoms with Crippen LogP contribution in [0.1, 0.15) is 25.0 Å². The van der Waals surface area contributed by atoms with Gasteiger partial charge in [-0.2, -0.15) is 0 Å². The second-order valence-corrected chi connectivity index (χ2v) is 4.50. The van der Waals surface area contributed by atoms with Crippen molar-refractivity contribution >= 4 is 0 Å². The lowest BCUT2D eigenvalue weighted by Crippen LogP contribution is -2.38. The van der Waals surface area contributed by atoms with E-state index in [9.17, 15) is 8.78 Å². The summed E-state index contributed by atoms with van der Waals surface area (Å²) in [4.78, 5) is 0. The lowest BCUT2D eigenvalue weighted by molar-refractivity contribution is 0.412. The molecule has 0 fully saturated rings. The molecule has 0 aliphatic rings.